The SMILES string of the molecule is CC(O)c1ccc(OCc2cccc(F)c2F)cc1F. The van der Waals surface area contributed by atoms with E-state index in [2.05, 4.69) is 0 Å². The number of halogens is 3. The summed E-state index contributed by atoms with van der Waals surface area (Å²) in [6.07, 6.45) is -0.926. The van der Waals surface area contributed by atoms with Crippen LogP contribution in [0.3, 0.4) is 0 Å². The number of aliphatic hydroxyl groups is 1. The molecule has 2 rings (SSSR count). The van der Waals surface area contributed by atoms with Crippen molar-refractivity contribution in [3.05, 3.63) is 65.0 Å². The second-order valence-corrected chi connectivity index (χ2v) is 4.36. The fraction of sp³-hybridized carbons (Fsp3) is 0.200. The second-order valence-electron chi connectivity index (χ2n) is 4.36. The molecule has 0 aromatic heterocycles. The summed E-state index contributed by atoms with van der Waals surface area (Å²) in [5.74, 6) is -2.37. The van der Waals surface area contributed by atoms with E-state index >= 15 is 0 Å². The highest BCUT2D eigenvalue weighted by atomic mass is 19.2. The lowest BCUT2D eigenvalue weighted by atomic mass is 10.1. The quantitative estimate of drug-likeness (QED) is 0.925. The number of hydrogen-bond donors (Lipinski definition) is 1. The van der Waals surface area contributed by atoms with Crippen LogP contribution in [0.1, 0.15) is 24.2 Å². The van der Waals surface area contributed by atoms with Gasteiger partial charge in [-0.15, -0.1) is 0 Å². The van der Waals surface area contributed by atoms with Crippen LogP contribution < -0.4 is 4.74 Å². The minimum Gasteiger partial charge on any atom is -0.489 e. The first kappa shape index (κ1) is 14.4. The first-order valence-electron chi connectivity index (χ1n) is 6.02. The van der Waals surface area contributed by atoms with Gasteiger partial charge < -0.3 is 9.84 Å². The van der Waals surface area contributed by atoms with Crippen LogP contribution in [-0.4, -0.2) is 5.11 Å². The first-order chi connectivity index (χ1) is 9.49. The molecular weight excluding hydrogens is 269 g/mol. The molecule has 20 heavy (non-hydrogen) atoms. The van der Waals surface area contributed by atoms with Crippen molar-refractivity contribution in [3.8, 4) is 5.75 Å². The van der Waals surface area contributed by atoms with Crippen LogP contribution in [0.4, 0.5) is 13.2 Å². The molecule has 0 bridgehead atoms. The Labute approximate surface area is 114 Å². The number of rotatable bonds is 4. The molecule has 0 aliphatic rings. The molecule has 1 unspecified atom stereocenters. The Kier molecular flexibility index (Phi) is 4.29. The molecule has 0 saturated carbocycles. The van der Waals surface area contributed by atoms with Crippen LogP contribution in [0.5, 0.6) is 5.75 Å². The van der Waals surface area contributed by atoms with Gasteiger partial charge in [0.05, 0.1) is 6.10 Å². The van der Waals surface area contributed by atoms with Gasteiger partial charge in [0, 0.05) is 17.2 Å². The molecule has 2 aromatic carbocycles. The van der Waals surface area contributed by atoms with Crippen LogP contribution in [-0.2, 0) is 6.61 Å². The van der Waals surface area contributed by atoms with Crippen LogP contribution in [0.25, 0.3) is 0 Å². The van der Waals surface area contributed by atoms with Crippen LogP contribution in [0, 0.1) is 17.5 Å². The van der Waals surface area contributed by atoms with E-state index < -0.39 is 23.6 Å². The van der Waals surface area contributed by atoms with Crippen molar-refractivity contribution in [2.75, 3.05) is 0 Å². The van der Waals surface area contributed by atoms with Crippen LogP contribution >= 0.6 is 0 Å². The average Bonchev–Trinajstić information content (AvgIpc) is 2.40. The molecule has 0 aliphatic heterocycles. The van der Waals surface area contributed by atoms with Gasteiger partial charge in [0.2, 0.25) is 0 Å². The lowest BCUT2D eigenvalue weighted by Crippen LogP contribution is -2.02. The zero-order valence-corrected chi connectivity index (χ0v) is 10.7. The zero-order valence-electron chi connectivity index (χ0n) is 10.7. The third-order valence-corrected chi connectivity index (χ3v) is 2.85. The standard InChI is InChI=1S/C15H13F3O2/c1-9(19)12-6-5-11(7-14(12)17)20-8-10-3-2-4-13(16)15(10)18/h2-7,9,19H,8H2,1H3. The number of benzene rings is 2. The average molecular weight is 282 g/mol. The van der Waals surface area contributed by atoms with Crippen molar-refractivity contribution in [1.29, 1.82) is 0 Å². The van der Waals surface area contributed by atoms with E-state index in [9.17, 15) is 18.3 Å². The van der Waals surface area contributed by atoms with E-state index in [1.54, 1.807) is 0 Å². The summed E-state index contributed by atoms with van der Waals surface area (Å²) in [5.41, 5.74) is 0.194. The Morgan fingerprint density at radius 1 is 1.10 bits per heavy atom. The van der Waals surface area contributed by atoms with Crippen molar-refractivity contribution in [1.82, 2.24) is 0 Å². The van der Waals surface area contributed by atoms with Gasteiger partial charge in [-0.05, 0) is 25.1 Å². The lowest BCUT2D eigenvalue weighted by Gasteiger charge is -2.10. The van der Waals surface area contributed by atoms with E-state index in [0.29, 0.717) is 0 Å². The van der Waals surface area contributed by atoms with Gasteiger partial charge in [0.1, 0.15) is 18.2 Å². The first-order valence-corrected chi connectivity index (χ1v) is 6.02. The van der Waals surface area contributed by atoms with Crippen LogP contribution in [0.2, 0.25) is 0 Å². The van der Waals surface area contributed by atoms with Crippen molar-refractivity contribution < 1.29 is 23.0 Å². The molecule has 5 heteroatoms. The van der Waals surface area contributed by atoms with Gasteiger partial charge in [-0.1, -0.05) is 12.1 Å². The zero-order chi connectivity index (χ0) is 14.7. The van der Waals surface area contributed by atoms with Crippen molar-refractivity contribution in [2.24, 2.45) is 0 Å². The van der Waals surface area contributed by atoms with Gasteiger partial charge in [0.15, 0.2) is 11.6 Å². The van der Waals surface area contributed by atoms with Crippen molar-refractivity contribution in [2.45, 2.75) is 19.6 Å². The van der Waals surface area contributed by atoms with Crippen LogP contribution in [0.15, 0.2) is 36.4 Å². The molecule has 0 aliphatic carbocycles. The molecule has 0 amide bonds. The Balaban J connectivity index is 2.11. The van der Waals surface area contributed by atoms with Gasteiger partial charge in [-0.25, -0.2) is 13.2 Å². The molecule has 1 N–H and O–H groups in total. The summed E-state index contributed by atoms with van der Waals surface area (Å²) in [6, 6.07) is 7.71. The predicted molar refractivity (Wildman–Crippen MR) is 67.7 cm³/mol. The number of hydrogen-bond acceptors (Lipinski definition) is 2. The monoisotopic (exact) mass is 282 g/mol. The molecule has 0 saturated heterocycles. The Morgan fingerprint density at radius 2 is 1.85 bits per heavy atom. The highest BCUT2D eigenvalue weighted by molar-refractivity contribution is 5.30. The normalized spacial score (nSPS) is 12.2. The van der Waals surface area contributed by atoms with E-state index in [-0.39, 0.29) is 23.5 Å². The molecule has 2 nitrogen and oxygen atoms in total. The molecule has 0 spiro atoms. The van der Waals surface area contributed by atoms with E-state index in [4.69, 9.17) is 4.74 Å². The minimum atomic E-state index is -0.978. The molecule has 1 atom stereocenters. The predicted octanol–water partition coefficient (Wildman–Crippen LogP) is 3.74. The smallest absolute Gasteiger partial charge is 0.165 e. The maximum atomic E-state index is 13.6. The molecular formula is C15H13F3O2. The van der Waals surface area contributed by atoms with Gasteiger partial charge in [0.25, 0.3) is 0 Å². The Bertz CT molecular complexity index is 612. The topological polar surface area (TPSA) is 29.5 Å². The maximum Gasteiger partial charge on any atom is 0.165 e. The highest BCUT2D eigenvalue weighted by Gasteiger charge is 2.11. The Hall–Kier alpha value is -2.01. The molecule has 2 aromatic rings. The van der Waals surface area contributed by atoms with Crippen molar-refractivity contribution >= 4 is 0 Å². The third-order valence-electron chi connectivity index (χ3n) is 2.85. The van der Waals surface area contributed by atoms with Gasteiger partial charge >= 0.3 is 0 Å². The lowest BCUT2D eigenvalue weighted by molar-refractivity contribution is 0.193. The largest absolute Gasteiger partial charge is 0.489 e. The molecule has 0 radical (unpaired) electrons. The summed E-state index contributed by atoms with van der Waals surface area (Å²) in [7, 11) is 0. The third kappa shape index (κ3) is 3.11. The maximum absolute atomic E-state index is 13.6. The van der Waals surface area contributed by atoms with E-state index in [0.717, 1.165) is 12.1 Å². The minimum absolute atomic E-state index is 0.0463. The van der Waals surface area contributed by atoms with Crippen molar-refractivity contribution in [3.63, 3.8) is 0 Å². The molecule has 106 valence electrons. The number of ether oxygens (including phenoxy) is 1. The summed E-state index contributed by atoms with van der Waals surface area (Å²) in [4.78, 5) is 0. The summed E-state index contributed by atoms with van der Waals surface area (Å²) < 4.78 is 45.2. The molecule has 0 fully saturated rings. The fourth-order valence-electron chi connectivity index (χ4n) is 1.76. The fourth-order valence-corrected chi connectivity index (χ4v) is 1.76. The molecule has 0 heterocycles. The summed E-state index contributed by atoms with van der Waals surface area (Å²) in [5, 5.41) is 9.30. The van der Waals surface area contributed by atoms with Gasteiger partial charge in [-0.3, -0.25) is 0 Å². The Morgan fingerprint density at radius 3 is 2.50 bits per heavy atom. The summed E-state index contributed by atoms with van der Waals surface area (Å²) in [6.45, 7) is 1.23. The highest BCUT2D eigenvalue weighted by Crippen LogP contribution is 2.23. The second kappa shape index (κ2) is 5.96. The van der Waals surface area contributed by atoms with E-state index in [1.165, 1.54) is 31.2 Å². The van der Waals surface area contributed by atoms with E-state index in [1.807, 2.05) is 0 Å². The number of aliphatic hydroxyl groups excluding tert-OH is 1. The van der Waals surface area contributed by atoms with Gasteiger partial charge in [-0.2, -0.15) is 0 Å². The summed E-state index contributed by atoms with van der Waals surface area (Å²) >= 11 is 0.